The SMILES string of the molecule is Cc1c(C(=O)N2CCCN(C(=O)C3CC(=O)Nc4ccccc43)CC2)cnn1C. The molecule has 1 N–H and O–H groups in total. The molecular weight excluding hydrogens is 370 g/mol. The van der Waals surface area contributed by atoms with E-state index in [1.54, 1.807) is 20.7 Å². The van der Waals surface area contributed by atoms with Crippen LogP contribution in [-0.4, -0.2) is 63.5 Å². The molecule has 152 valence electrons. The number of benzene rings is 1. The third-order valence-corrected chi connectivity index (χ3v) is 5.86. The summed E-state index contributed by atoms with van der Waals surface area (Å²) in [5.41, 5.74) is 3.00. The summed E-state index contributed by atoms with van der Waals surface area (Å²) in [5, 5.41) is 6.99. The largest absolute Gasteiger partial charge is 0.340 e. The van der Waals surface area contributed by atoms with Crippen LogP contribution in [0.2, 0.25) is 0 Å². The first-order valence-corrected chi connectivity index (χ1v) is 9.91. The van der Waals surface area contributed by atoms with Gasteiger partial charge in [0.2, 0.25) is 11.8 Å². The predicted molar refractivity (Wildman–Crippen MR) is 107 cm³/mol. The number of para-hydroxylation sites is 1. The Labute approximate surface area is 169 Å². The number of nitrogens with one attached hydrogen (secondary N) is 1. The van der Waals surface area contributed by atoms with Crippen molar-refractivity contribution in [1.29, 1.82) is 0 Å². The minimum atomic E-state index is -0.470. The van der Waals surface area contributed by atoms with Crippen molar-refractivity contribution >= 4 is 23.4 Å². The van der Waals surface area contributed by atoms with Crippen LogP contribution >= 0.6 is 0 Å². The molecule has 0 radical (unpaired) electrons. The fourth-order valence-corrected chi connectivity index (χ4v) is 4.07. The third-order valence-electron chi connectivity index (χ3n) is 5.86. The molecule has 1 aromatic heterocycles. The van der Waals surface area contributed by atoms with Crippen molar-refractivity contribution in [2.45, 2.75) is 25.7 Å². The van der Waals surface area contributed by atoms with Crippen LogP contribution in [0.3, 0.4) is 0 Å². The van der Waals surface area contributed by atoms with E-state index >= 15 is 0 Å². The highest BCUT2D eigenvalue weighted by atomic mass is 16.2. The Morgan fingerprint density at radius 3 is 2.59 bits per heavy atom. The molecule has 2 aliphatic rings. The maximum Gasteiger partial charge on any atom is 0.257 e. The molecule has 4 rings (SSSR count). The summed E-state index contributed by atoms with van der Waals surface area (Å²) < 4.78 is 1.69. The lowest BCUT2D eigenvalue weighted by Crippen LogP contribution is -2.41. The van der Waals surface area contributed by atoms with Gasteiger partial charge in [0, 0.05) is 51.0 Å². The molecule has 1 unspecified atom stereocenters. The van der Waals surface area contributed by atoms with Gasteiger partial charge in [0.1, 0.15) is 0 Å². The van der Waals surface area contributed by atoms with Crippen molar-refractivity contribution in [3.8, 4) is 0 Å². The van der Waals surface area contributed by atoms with Gasteiger partial charge in [-0.15, -0.1) is 0 Å². The second-order valence-corrected chi connectivity index (χ2v) is 7.63. The summed E-state index contributed by atoms with van der Waals surface area (Å²) in [6.07, 6.45) is 2.46. The lowest BCUT2D eigenvalue weighted by Gasteiger charge is -2.30. The van der Waals surface area contributed by atoms with Gasteiger partial charge in [-0.05, 0) is 25.0 Å². The maximum absolute atomic E-state index is 13.2. The summed E-state index contributed by atoms with van der Waals surface area (Å²) in [5.74, 6) is -0.699. The van der Waals surface area contributed by atoms with E-state index < -0.39 is 5.92 Å². The number of fused-ring (bicyclic) bond motifs is 1. The number of rotatable bonds is 2. The lowest BCUT2D eigenvalue weighted by molar-refractivity contribution is -0.134. The fraction of sp³-hybridized carbons (Fsp3) is 0.429. The second kappa shape index (κ2) is 7.69. The topological polar surface area (TPSA) is 87.5 Å². The van der Waals surface area contributed by atoms with Crippen LogP contribution in [0.15, 0.2) is 30.5 Å². The number of aromatic nitrogens is 2. The van der Waals surface area contributed by atoms with Gasteiger partial charge in [0.25, 0.3) is 5.91 Å². The summed E-state index contributed by atoms with van der Waals surface area (Å²) in [6, 6.07) is 7.46. The van der Waals surface area contributed by atoms with Gasteiger partial charge in [-0.25, -0.2) is 0 Å². The van der Waals surface area contributed by atoms with Crippen LogP contribution in [0.1, 0.15) is 40.4 Å². The summed E-state index contributed by atoms with van der Waals surface area (Å²) in [6.45, 7) is 3.98. The van der Waals surface area contributed by atoms with Gasteiger partial charge in [-0.3, -0.25) is 19.1 Å². The highest BCUT2D eigenvalue weighted by Gasteiger charge is 2.34. The number of carbonyl (C=O) groups excluding carboxylic acids is 3. The molecule has 0 saturated carbocycles. The highest BCUT2D eigenvalue weighted by molar-refractivity contribution is 6.01. The van der Waals surface area contributed by atoms with E-state index in [0.29, 0.717) is 43.9 Å². The van der Waals surface area contributed by atoms with E-state index in [2.05, 4.69) is 10.4 Å². The first-order chi connectivity index (χ1) is 14.0. The molecular formula is C21H25N5O3. The fourth-order valence-electron chi connectivity index (χ4n) is 4.07. The molecule has 29 heavy (non-hydrogen) atoms. The molecule has 0 spiro atoms. The second-order valence-electron chi connectivity index (χ2n) is 7.63. The van der Waals surface area contributed by atoms with E-state index in [9.17, 15) is 14.4 Å². The van der Waals surface area contributed by atoms with Crippen LogP contribution in [-0.2, 0) is 16.6 Å². The lowest BCUT2D eigenvalue weighted by atomic mass is 9.89. The standard InChI is InChI=1S/C21H25N5O3/c1-14-17(13-22-24(14)2)21(29)26-9-5-8-25(10-11-26)20(28)16-12-19(27)23-18-7-4-3-6-15(16)18/h3-4,6-7,13,16H,5,8-12H2,1-2H3,(H,23,27). The number of carbonyl (C=O) groups is 3. The highest BCUT2D eigenvalue weighted by Crippen LogP contribution is 2.33. The van der Waals surface area contributed by atoms with E-state index in [0.717, 1.165) is 11.3 Å². The Kier molecular flexibility index (Phi) is 5.08. The number of hydrogen-bond donors (Lipinski definition) is 1. The van der Waals surface area contributed by atoms with Crippen molar-refractivity contribution in [2.24, 2.45) is 7.05 Å². The molecule has 1 aromatic carbocycles. The number of aryl methyl sites for hydroxylation is 1. The van der Waals surface area contributed by atoms with Gasteiger partial charge in [-0.2, -0.15) is 5.10 Å². The van der Waals surface area contributed by atoms with Crippen LogP contribution in [0, 0.1) is 6.92 Å². The smallest absolute Gasteiger partial charge is 0.257 e. The summed E-state index contributed by atoms with van der Waals surface area (Å²) in [7, 11) is 1.81. The Morgan fingerprint density at radius 2 is 1.83 bits per heavy atom. The minimum absolute atomic E-state index is 0.0424. The van der Waals surface area contributed by atoms with Gasteiger partial charge >= 0.3 is 0 Å². The van der Waals surface area contributed by atoms with E-state index in [1.165, 1.54) is 0 Å². The van der Waals surface area contributed by atoms with Crippen LogP contribution < -0.4 is 5.32 Å². The normalized spacial score (nSPS) is 19.4. The third kappa shape index (κ3) is 3.62. The predicted octanol–water partition coefficient (Wildman–Crippen LogP) is 1.53. The van der Waals surface area contributed by atoms with Crippen LogP contribution in [0.4, 0.5) is 5.69 Å². The molecule has 8 nitrogen and oxygen atoms in total. The van der Waals surface area contributed by atoms with Crippen molar-refractivity contribution in [3.63, 3.8) is 0 Å². The Hall–Kier alpha value is -3.16. The molecule has 1 atom stereocenters. The van der Waals surface area contributed by atoms with Crippen molar-refractivity contribution in [3.05, 3.63) is 47.3 Å². The molecule has 0 bridgehead atoms. The molecule has 2 aliphatic heterocycles. The van der Waals surface area contributed by atoms with Crippen LogP contribution in [0.25, 0.3) is 0 Å². The quantitative estimate of drug-likeness (QED) is 0.835. The van der Waals surface area contributed by atoms with Gasteiger partial charge in [0.05, 0.1) is 17.7 Å². The Bertz CT molecular complexity index is 967. The van der Waals surface area contributed by atoms with Gasteiger partial charge in [-0.1, -0.05) is 18.2 Å². The van der Waals surface area contributed by atoms with Crippen molar-refractivity contribution < 1.29 is 14.4 Å². The minimum Gasteiger partial charge on any atom is -0.340 e. The molecule has 0 aliphatic carbocycles. The number of amides is 3. The summed E-state index contributed by atoms with van der Waals surface area (Å²) in [4.78, 5) is 41.8. The average Bonchev–Trinajstić information content (AvgIpc) is 2.92. The number of hydrogen-bond acceptors (Lipinski definition) is 4. The zero-order valence-electron chi connectivity index (χ0n) is 16.7. The molecule has 2 aromatic rings. The van der Waals surface area contributed by atoms with Gasteiger partial charge in [0.15, 0.2) is 0 Å². The molecule has 1 fully saturated rings. The number of anilines is 1. The van der Waals surface area contributed by atoms with Crippen molar-refractivity contribution in [2.75, 3.05) is 31.5 Å². The molecule has 3 amide bonds. The molecule has 8 heteroatoms. The maximum atomic E-state index is 13.2. The van der Waals surface area contributed by atoms with Crippen LogP contribution in [0.5, 0.6) is 0 Å². The Balaban J connectivity index is 1.47. The van der Waals surface area contributed by atoms with E-state index in [-0.39, 0.29) is 24.1 Å². The Morgan fingerprint density at radius 1 is 1.10 bits per heavy atom. The van der Waals surface area contributed by atoms with Gasteiger partial charge < -0.3 is 15.1 Å². The monoisotopic (exact) mass is 395 g/mol. The molecule has 1 saturated heterocycles. The first-order valence-electron chi connectivity index (χ1n) is 9.91. The number of nitrogens with zero attached hydrogens (tertiary/aromatic N) is 4. The van der Waals surface area contributed by atoms with Crippen molar-refractivity contribution in [1.82, 2.24) is 19.6 Å². The zero-order chi connectivity index (χ0) is 20.5. The van der Waals surface area contributed by atoms with E-state index in [1.807, 2.05) is 38.2 Å². The summed E-state index contributed by atoms with van der Waals surface area (Å²) >= 11 is 0. The molecule has 3 heterocycles. The zero-order valence-corrected chi connectivity index (χ0v) is 16.7. The average molecular weight is 395 g/mol. The first kappa shape index (κ1) is 19.2. The van der Waals surface area contributed by atoms with E-state index in [4.69, 9.17) is 0 Å².